The number of carbonyl (C=O) groups excluding carboxylic acids is 11. The Bertz CT molecular complexity index is 2380. The summed E-state index contributed by atoms with van der Waals surface area (Å²) in [4.78, 5) is 171. The van der Waals surface area contributed by atoms with Gasteiger partial charge >= 0.3 is 0 Å². The van der Waals surface area contributed by atoms with E-state index in [0.29, 0.717) is 6.42 Å². The molecule has 0 aromatic carbocycles. The lowest BCUT2D eigenvalue weighted by molar-refractivity contribution is -0.157. The minimum atomic E-state index is -1.59. The van der Waals surface area contributed by atoms with Crippen molar-refractivity contribution in [2.24, 2.45) is 41.4 Å². The molecule has 12 unspecified atom stereocenters. The van der Waals surface area contributed by atoms with Crippen LogP contribution in [0.25, 0.3) is 0 Å². The molecule has 87 heavy (non-hydrogen) atoms. The Morgan fingerprint density at radius 1 is 0.471 bits per heavy atom. The number of Topliss-reactive ketones (excluding diaryl/α,β-unsaturated/α-hetero) is 1. The van der Waals surface area contributed by atoms with Crippen LogP contribution in [0.15, 0.2) is 12.2 Å². The van der Waals surface area contributed by atoms with Gasteiger partial charge in [-0.1, -0.05) is 109 Å². The Labute approximate surface area is 521 Å². The molecule has 0 saturated carbocycles. The SMILES string of the molecule is C/C=C/CC(C)C(O)C1C(=O)NC(CC)C(=O)N(C)CC(=O)CN(C)C(CC(C)C)C(=O)NC(C(C)C)C(=O)N(C)C(CC(C)C)C(=O)N(C)C(C)C(=O)NC(C)C(=O)N(C)C(CC(C)C)C(=O)N(C)C(CC(C)C)C(=O)N(C)C(C(C)C)C(=O)N1C. The van der Waals surface area contributed by atoms with Crippen LogP contribution in [0, 0.1) is 41.4 Å². The first-order chi connectivity index (χ1) is 40.1. The second-order valence-electron chi connectivity index (χ2n) is 26.9. The van der Waals surface area contributed by atoms with Gasteiger partial charge in [-0.3, -0.25) is 57.6 Å². The minimum absolute atomic E-state index is 0.0499. The standard InChI is InChI=1S/C64H115N11O12/c1-26-28-29-42(15)54(77)53-57(80)66-46(27-2)59(82)69(19)35-45(76)34-68(18)47(30-36(3)4)56(79)67-51(40(11)12)63(86)73(23)48(31-37(5)6)60(83)70(20)44(17)55(78)65-43(16)58(81)71(21)49(32-38(7)8)61(84)72(22)50(33-39(9)10)62(85)74(24)52(41(13)14)64(87)75(53)25/h26,28,36-44,46-54,77H,27,29-35H2,1-25H3,(H,65,78)(H,66,80)(H,67,79)/b28-26+. The molecule has 4 N–H and O–H groups in total. The number of allylic oxidation sites excluding steroid dienone is 2. The molecule has 0 bridgehead atoms. The number of ketones is 1. The quantitative estimate of drug-likeness (QED) is 0.171. The van der Waals surface area contributed by atoms with Crippen LogP contribution in [-0.2, 0) is 52.7 Å². The van der Waals surface area contributed by atoms with Gasteiger partial charge in [0.05, 0.1) is 25.2 Å². The van der Waals surface area contributed by atoms with E-state index in [2.05, 4.69) is 16.0 Å². The monoisotopic (exact) mass is 1230 g/mol. The number of aliphatic hydroxyl groups is 1. The summed E-state index contributed by atoms with van der Waals surface area (Å²) >= 11 is 0. The number of likely N-dealkylation sites (N-methyl/N-ethyl adjacent to an activating group) is 8. The highest BCUT2D eigenvalue weighted by Gasteiger charge is 2.46. The van der Waals surface area contributed by atoms with Gasteiger partial charge in [0.25, 0.3) is 0 Å². The van der Waals surface area contributed by atoms with Gasteiger partial charge in [-0.2, -0.15) is 0 Å². The molecule has 0 aliphatic carbocycles. The van der Waals surface area contributed by atoms with Gasteiger partial charge < -0.3 is 55.4 Å². The Balaban J connectivity index is 4.31. The summed E-state index contributed by atoms with van der Waals surface area (Å²) in [6, 6.07) is -11.9. The predicted molar refractivity (Wildman–Crippen MR) is 338 cm³/mol. The molecule has 1 aliphatic heterocycles. The van der Waals surface area contributed by atoms with E-state index >= 15 is 14.4 Å². The van der Waals surface area contributed by atoms with Crippen molar-refractivity contribution >= 4 is 64.9 Å². The molecule has 1 heterocycles. The third-order valence-corrected chi connectivity index (χ3v) is 16.8. The summed E-state index contributed by atoms with van der Waals surface area (Å²) in [6.45, 7) is 29.5. The number of hydrogen-bond acceptors (Lipinski definition) is 13. The minimum Gasteiger partial charge on any atom is -0.390 e. The molecule has 1 saturated heterocycles. The summed E-state index contributed by atoms with van der Waals surface area (Å²) in [5.74, 6) is -8.96. The number of nitrogens with zero attached hydrogens (tertiary/aromatic N) is 8. The van der Waals surface area contributed by atoms with Crippen molar-refractivity contribution in [1.82, 2.24) is 55.1 Å². The average Bonchev–Trinajstić information content (AvgIpc) is 1.39. The molecule has 0 spiro atoms. The number of nitrogens with one attached hydrogen (secondary N) is 3. The van der Waals surface area contributed by atoms with Crippen molar-refractivity contribution < 1.29 is 57.8 Å². The van der Waals surface area contributed by atoms with E-state index in [-0.39, 0.29) is 62.3 Å². The Hall–Kier alpha value is -5.97. The molecule has 498 valence electrons. The second kappa shape index (κ2) is 35.9. The summed E-state index contributed by atoms with van der Waals surface area (Å²) < 4.78 is 0. The largest absolute Gasteiger partial charge is 0.390 e. The summed E-state index contributed by atoms with van der Waals surface area (Å²) in [6.07, 6.45) is 3.25. The van der Waals surface area contributed by atoms with Crippen molar-refractivity contribution in [2.45, 2.75) is 223 Å². The van der Waals surface area contributed by atoms with E-state index in [0.717, 1.165) is 9.80 Å². The van der Waals surface area contributed by atoms with Gasteiger partial charge in [-0.05, 0) is 108 Å². The van der Waals surface area contributed by atoms with Gasteiger partial charge in [0.2, 0.25) is 59.1 Å². The Kier molecular flexibility index (Phi) is 32.6. The fourth-order valence-corrected chi connectivity index (χ4v) is 11.1. The highest BCUT2D eigenvalue weighted by molar-refractivity contribution is 5.99. The van der Waals surface area contributed by atoms with E-state index in [9.17, 15) is 43.5 Å². The number of hydrogen-bond donors (Lipinski definition) is 4. The number of rotatable bonds is 15. The van der Waals surface area contributed by atoms with Crippen molar-refractivity contribution in [1.29, 1.82) is 0 Å². The van der Waals surface area contributed by atoms with Crippen LogP contribution in [-0.4, -0.2) is 245 Å². The van der Waals surface area contributed by atoms with Crippen LogP contribution in [0.5, 0.6) is 0 Å². The molecule has 1 aliphatic rings. The molecular weight excluding hydrogens is 1110 g/mol. The predicted octanol–water partition coefficient (Wildman–Crippen LogP) is 3.65. The van der Waals surface area contributed by atoms with Crippen LogP contribution in [0.1, 0.15) is 156 Å². The fraction of sp³-hybridized carbons (Fsp3) is 0.797. The van der Waals surface area contributed by atoms with E-state index in [1.165, 1.54) is 87.7 Å². The number of aliphatic hydroxyl groups excluding tert-OH is 1. The molecule has 1 rings (SSSR count). The van der Waals surface area contributed by atoms with Gasteiger partial charge in [0.1, 0.15) is 54.4 Å². The third-order valence-electron chi connectivity index (χ3n) is 16.8. The zero-order valence-corrected chi connectivity index (χ0v) is 57.7. The maximum atomic E-state index is 15.1. The van der Waals surface area contributed by atoms with Crippen molar-refractivity contribution in [3.05, 3.63) is 12.2 Å². The third kappa shape index (κ3) is 22.2. The van der Waals surface area contributed by atoms with E-state index < -0.39 is 156 Å². The van der Waals surface area contributed by atoms with Gasteiger partial charge in [-0.25, -0.2) is 0 Å². The van der Waals surface area contributed by atoms with E-state index in [1.807, 2.05) is 61.5 Å². The summed E-state index contributed by atoms with van der Waals surface area (Å²) in [7, 11) is 11.6. The lowest BCUT2D eigenvalue weighted by Gasteiger charge is -2.41. The zero-order chi connectivity index (χ0) is 67.6. The number of carbonyl (C=O) groups is 11. The van der Waals surface area contributed by atoms with Gasteiger partial charge in [0.15, 0.2) is 5.78 Å². The molecule has 0 aromatic heterocycles. The lowest BCUT2D eigenvalue weighted by atomic mass is 9.91. The first kappa shape index (κ1) is 79.0. The number of amides is 10. The Morgan fingerprint density at radius 3 is 1.33 bits per heavy atom. The summed E-state index contributed by atoms with van der Waals surface area (Å²) in [5, 5.41) is 20.5. The van der Waals surface area contributed by atoms with Crippen molar-refractivity contribution in [3.8, 4) is 0 Å². The van der Waals surface area contributed by atoms with Crippen LogP contribution in [0.4, 0.5) is 0 Å². The molecule has 23 nitrogen and oxygen atoms in total. The normalized spacial score (nSPS) is 27.0. The van der Waals surface area contributed by atoms with Gasteiger partial charge in [0, 0.05) is 49.3 Å². The highest BCUT2D eigenvalue weighted by Crippen LogP contribution is 2.26. The molecule has 1 fully saturated rings. The van der Waals surface area contributed by atoms with E-state index in [1.54, 1.807) is 66.5 Å². The maximum Gasteiger partial charge on any atom is 0.246 e. The molecule has 12 atom stereocenters. The Morgan fingerprint density at radius 2 is 0.897 bits per heavy atom. The lowest BCUT2D eigenvalue weighted by Crippen LogP contribution is -2.63. The smallest absolute Gasteiger partial charge is 0.246 e. The van der Waals surface area contributed by atoms with Crippen LogP contribution in [0.3, 0.4) is 0 Å². The highest BCUT2D eigenvalue weighted by atomic mass is 16.3. The van der Waals surface area contributed by atoms with Crippen LogP contribution in [0.2, 0.25) is 0 Å². The molecule has 0 radical (unpaired) electrons. The molecular formula is C64H115N11O12. The first-order valence-corrected chi connectivity index (χ1v) is 31.4. The second-order valence-corrected chi connectivity index (χ2v) is 26.9. The van der Waals surface area contributed by atoms with Crippen molar-refractivity contribution in [2.75, 3.05) is 69.5 Å². The topological polar surface area (TPSA) is 270 Å². The average molecular weight is 1230 g/mol. The van der Waals surface area contributed by atoms with Crippen molar-refractivity contribution in [3.63, 3.8) is 0 Å². The zero-order valence-electron chi connectivity index (χ0n) is 57.7. The van der Waals surface area contributed by atoms with Crippen LogP contribution >= 0.6 is 0 Å². The van der Waals surface area contributed by atoms with Crippen LogP contribution < -0.4 is 16.0 Å². The molecule has 23 heteroatoms. The summed E-state index contributed by atoms with van der Waals surface area (Å²) in [5.41, 5.74) is 0. The van der Waals surface area contributed by atoms with E-state index in [4.69, 9.17) is 0 Å². The first-order valence-electron chi connectivity index (χ1n) is 31.4. The molecule has 10 amide bonds. The maximum absolute atomic E-state index is 15.1. The van der Waals surface area contributed by atoms with Gasteiger partial charge in [-0.15, -0.1) is 0 Å². The molecule has 0 aromatic rings. The fourth-order valence-electron chi connectivity index (χ4n) is 11.1.